The number of methoxy groups -OCH3 is 1. The highest BCUT2D eigenvalue weighted by Gasteiger charge is 2.10. The van der Waals surface area contributed by atoms with Gasteiger partial charge in [-0.1, -0.05) is 0 Å². The third kappa shape index (κ3) is 2.61. The van der Waals surface area contributed by atoms with Crippen LogP contribution >= 0.6 is 15.9 Å². The molecule has 0 aliphatic rings. The van der Waals surface area contributed by atoms with Crippen LogP contribution in [0.4, 0.5) is 4.39 Å². The monoisotopic (exact) mass is 297 g/mol. The molecule has 5 heteroatoms. The zero-order chi connectivity index (χ0) is 12.4. The van der Waals surface area contributed by atoms with Crippen molar-refractivity contribution >= 4 is 32.8 Å². The maximum Gasteiger partial charge on any atom is 0.310 e. The van der Waals surface area contributed by atoms with E-state index in [0.29, 0.717) is 11.1 Å². The summed E-state index contributed by atoms with van der Waals surface area (Å²) in [7, 11) is 1.28. The number of benzene rings is 1. The first-order valence-corrected chi connectivity index (χ1v) is 5.70. The second-order valence-electron chi connectivity index (χ2n) is 3.54. The number of ether oxygens (including phenoxy) is 1. The minimum atomic E-state index is -0.466. The van der Waals surface area contributed by atoms with Crippen molar-refractivity contribution < 1.29 is 13.9 Å². The van der Waals surface area contributed by atoms with Crippen LogP contribution in [-0.4, -0.2) is 18.1 Å². The Morgan fingerprint density at radius 1 is 1.47 bits per heavy atom. The molecule has 3 nitrogen and oxygen atoms in total. The van der Waals surface area contributed by atoms with Gasteiger partial charge >= 0.3 is 5.97 Å². The van der Waals surface area contributed by atoms with Crippen LogP contribution in [0.2, 0.25) is 0 Å². The van der Waals surface area contributed by atoms with Crippen molar-refractivity contribution in [3.63, 3.8) is 0 Å². The molecule has 0 spiro atoms. The number of rotatable bonds is 2. The largest absolute Gasteiger partial charge is 0.469 e. The van der Waals surface area contributed by atoms with Crippen molar-refractivity contribution in [3.05, 3.63) is 40.2 Å². The normalized spacial score (nSPS) is 10.5. The molecule has 0 bridgehead atoms. The van der Waals surface area contributed by atoms with Crippen molar-refractivity contribution in [1.29, 1.82) is 0 Å². The fourth-order valence-corrected chi connectivity index (χ4v) is 1.88. The maximum atomic E-state index is 13.7. The van der Waals surface area contributed by atoms with E-state index in [1.165, 1.54) is 13.2 Å². The topological polar surface area (TPSA) is 39.2 Å². The lowest BCUT2D eigenvalue weighted by atomic mass is 10.1. The molecule has 2 rings (SSSR count). The Balaban J connectivity index is 2.49. The summed E-state index contributed by atoms with van der Waals surface area (Å²) in [5, 5.41) is 0.777. The molecule has 0 radical (unpaired) electrons. The third-order valence-electron chi connectivity index (χ3n) is 2.38. The van der Waals surface area contributed by atoms with Crippen molar-refractivity contribution in [1.82, 2.24) is 4.98 Å². The lowest BCUT2D eigenvalue weighted by Gasteiger charge is -2.04. The first-order valence-electron chi connectivity index (χ1n) is 4.90. The number of hydrogen-bond acceptors (Lipinski definition) is 3. The quantitative estimate of drug-likeness (QED) is 0.800. The fourth-order valence-electron chi connectivity index (χ4n) is 1.53. The van der Waals surface area contributed by atoms with Crippen molar-refractivity contribution in [2.24, 2.45) is 0 Å². The van der Waals surface area contributed by atoms with Gasteiger partial charge in [0.05, 0.1) is 19.0 Å². The number of carbonyl (C=O) groups excluding carboxylic acids is 1. The Kier molecular flexibility index (Phi) is 3.38. The first-order chi connectivity index (χ1) is 8.10. The molecule has 88 valence electrons. The van der Waals surface area contributed by atoms with Gasteiger partial charge in [-0.2, -0.15) is 0 Å². The molecule has 0 atom stereocenters. The Labute approximate surface area is 106 Å². The average molecular weight is 298 g/mol. The van der Waals surface area contributed by atoms with Crippen LogP contribution < -0.4 is 0 Å². The van der Waals surface area contributed by atoms with Crippen LogP contribution in [-0.2, 0) is 16.0 Å². The van der Waals surface area contributed by atoms with Gasteiger partial charge < -0.3 is 4.74 Å². The number of esters is 1. The highest BCUT2D eigenvalue weighted by Crippen LogP contribution is 2.21. The van der Waals surface area contributed by atoms with Gasteiger partial charge in [-0.25, -0.2) is 4.39 Å². The molecule has 17 heavy (non-hydrogen) atoms. The van der Waals surface area contributed by atoms with Crippen LogP contribution in [0, 0.1) is 5.82 Å². The molecule has 0 saturated heterocycles. The molecule has 2 aromatic rings. The van der Waals surface area contributed by atoms with E-state index in [0.717, 1.165) is 9.86 Å². The van der Waals surface area contributed by atoms with Gasteiger partial charge in [0.15, 0.2) is 0 Å². The number of fused-ring (bicyclic) bond motifs is 1. The van der Waals surface area contributed by atoms with Gasteiger partial charge in [0.1, 0.15) is 5.82 Å². The lowest BCUT2D eigenvalue weighted by Crippen LogP contribution is -2.06. The molecule has 0 saturated carbocycles. The van der Waals surface area contributed by atoms with Gasteiger partial charge in [0.25, 0.3) is 0 Å². The fraction of sp³-hybridized carbons (Fsp3) is 0.167. The molecule has 0 amide bonds. The van der Waals surface area contributed by atoms with Crippen molar-refractivity contribution in [2.75, 3.05) is 7.11 Å². The summed E-state index contributed by atoms with van der Waals surface area (Å²) in [5.41, 5.74) is 0.864. The minimum absolute atomic E-state index is 0.0786. The van der Waals surface area contributed by atoms with Gasteiger partial charge in [-0.15, -0.1) is 0 Å². The Morgan fingerprint density at radius 2 is 2.24 bits per heavy atom. The summed E-state index contributed by atoms with van der Waals surface area (Å²) in [6, 6.07) is 4.75. The van der Waals surface area contributed by atoms with Crippen LogP contribution in [0.15, 0.2) is 28.9 Å². The number of aromatic nitrogens is 1. The number of nitrogens with zero attached hydrogens (tertiary/aromatic N) is 1. The second kappa shape index (κ2) is 4.79. The summed E-state index contributed by atoms with van der Waals surface area (Å²) in [4.78, 5) is 15.2. The molecular formula is C12H9BrFNO2. The van der Waals surface area contributed by atoms with E-state index in [1.807, 2.05) is 6.07 Å². The Morgan fingerprint density at radius 3 is 2.94 bits per heavy atom. The predicted molar refractivity (Wildman–Crippen MR) is 65.1 cm³/mol. The second-order valence-corrected chi connectivity index (χ2v) is 4.46. The molecule has 0 aliphatic carbocycles. The van der Waals surface area contributed by atoms with E-state index in [2.05, 4.69) is 25.7 Å². The van der Waals surface area contributed by atoms with E-state index in [-0.39, 0.29) is 6.42 Å². The van der Waals surface area contributed by atoms with Gasteiger partial charge in [-0.3, -0.25) is 9.78 Å². The number of pyridine rings is 1. The highest BCUT2D eigenvalue weighted by molar-refractivity contribution is 9.10. The smallest absolute Gasteiger partial charge is 0.310 e. The van der Waals surface area contributed by atoms with Gasteiger partial charge in [0, 0.05) is 22.1 Å². The number of halogens is 2. The standard InChI is InChI=1S/C12H9BrFNO2/c1-17-12(16)4-7-2-8-3-9(13)6-15-11(8)5-10(7)14/h2-3,5-6H,4H2,1H3. The molecule has 0 unspecified atom stereocenters. The molecule has 1 heterocycles. The third-order valence-corrected chi connectivity index (χ3v) is 2.81. The summed E-state index contributed by atoms with van der Waals surface area (Å²) >= 11 is 3.29. The van der Waals surface area contributed by atoms with E-state index < -0.39 is 11.8 Å². The van der Waals surface area contributed by atoms with Gasteiger partial charge in [-0.05, 0) is 33.6 Å². The van der Waals surface area contributed by atoms with Crippen LogP contribution in [0.25, 0.3) is 10.9 Å². The maximum absolute atomic E-state index is 13.7. The van der Waals surface area contributed by atoms with Crippen molar-refractivity contribution in [2.45, 2.75) is 6.42 Å². The predicted octanol–water partition coefficient (Wildman–Crippen LogP) is 2.85. The van der Waals surface area contributed by atoms with E-state index in [4.69, 9.17) is 0 Å². The Hall–Kier alpha value is -1.49. The first kappa shape index (κ1) is 12.0. The summed E-state index contributed by atoms with van der Waals surface area (Å²) in [6.45, 7) is 0. The highest BCUT2D eigenvalue weighted by atomic mass is 79.9. The number of carbonyl (C=O) groups is 1. The summed E-state index contributed by atoms with van der Waals surface area (Å²) < 4.78 is 19.0. The summed E-state index contributed by atoms with van der Waals surface area (Å²) in [6.07, 6.45) is 1.52. The lowest BCUT2D eigenvalue weighted by molar-refractivity contribution is -0.139. The van der Waals surface area contributed by atoms with Crippen LogP contribution in [0.1, 0.15) is 5.56 Å². The van der Waals surface area contributed by atoms with Crippen LogP contribution in [0.5, 0.6) is 0 Å². The molecule has 1 aromatic carbocycles. The average Bonchev–Trinajstić information content (AvgIpc) is 2.30. The zero-order valence-electron chi connectivity index (χ0n) is 9.04. The molecular weight excluding hydrogens is 289 g/mol. The van der Waals surface area contributed by atoms with E-state index in [9.17, 15) is 9.18 Å². The SMILES string of the molecule is COC(=O)Cc1cc2cc(Br)cnc2cc1F. The van der Waals surface area contributed by atoms with Gasteiger partial charge in [0.2, 0.25) is 0 Å². The Bertz CT molecular complexity index is 586. The van der Waals surface area contributed by atoms with E-state index >= 15 is 0 Å². The minimum Gasteiger partial charge on any atom is -0.469 e. The van der Waals surface area contributed by atoms with E-state index in [1.54, 1.807) is 12.3 Å². The van der Waals surface area contributed by atoms with Crippen LogP contribution in [0.3, 0.4) is 0 Å². The molecule has 0 aliphatic heterocycles. The molecule has 0 N–H and O–H groups in total. The van der Waals surface area contributed by atoms with Crippen molar-refractivity contribution in [3.8, 4) is 0 Å². The number of hydrogen-bond donors (Lipinski definition) is 0. The zero-order valence-corrected chi connectivity index (χ0v) is 10.6. The summed E-state index contributed by atoms with van der Waals surface area (Å²) in [5.74, 6) is -0.913. The molecule has 0 fully saturated rings. The molecule has 1 aromatic heterocycles.